The first kappa shape index (κ1) is 13.0. The topological polar surface area (TPSA) is 32.3 Å². The number of phenolic OH excluding ortho intramolecular Hbond substituents is 1. The molecule has 0 bridgehead atoms. The molecular weight excluding hydrogens is 198 g/mol. The van der Waals surface area contributed by atoms with Crippen molar-refractivity contribution in [1.82, 2.24) is 5.32 Å². The molecule has 2 nitrogen and oxygen atoms in total. The number of rotatable bonds is 6. The van der Waals surface area contributed by atoms with E-state index in [0.29, 0.717) is 17.7 Å². The second kappa shape index (κ2) is 6.54. The molecule has 0 saturated heterocycles. The third kappa shape index (κ3) is 4.23. The molecule has 0 radical (unpaired) electrons. The Morgan fingerprint density at radius 3 is 2.31 bits per heavy atom. The molecule has 2 N–H and O–H groups in total. The first-order valence-electron chi connectivity index (χ1n) is 6.14. The Morgan fingerprint density at radius 2 is 1.81 bits per heavy atom. The van der Waals surface area contributed by atoms with Gasteiger partial charge in [-0.15, -0.1) is 0 Å². The number of hydrogen-bond acceptors (Lipinski definition) is 2. The molecule has 1 unspecified atom stereocenters. The van der Waals surface area contributed by atoms with Crippen LogP contribution in [0.4, 0.5) is 0 Å². The number of nitrogens with one attached hydrogen (secondary N) is 1. The molecule has 16 heavy (non-hydrogen) atoms. The zero-order valence-corrected chi connectivity index (χ0v) is 10.5. The summed E-state index contributed by atoms with van der Waals surface area (Å²) in [5.41, 5.74) is 1.28. The van der Waals surface area contributed by atoms with Crippen molar-refractivity contribution in [3.8, 4) is 5.75 Å². The molecule has 0 aliphatic heterocycles. The second-order valence-corrected chi connectivity index (χ2v) is 4.68. The minimum Gasteiger partial charge on any atom is -0.508 e. The SMILES string of the molecule is CCCNC(Cc1ccc(O)cc1)C(C)C. The van der Waals surface area contributed by atoms with Crippen molar-refractivity contribution in [3.05, 3.63) is 29.8 Å². The smallest absolute Gasteiger partial charge is 0.115 e. The Kier molecular flexibility index (Phi) is 5.33. The number of benzene rings is 1. The highest BCUT2D eigenvalue weighted by molar-refractivity contribution is 5.26. The summed E-state index contributed by atoms with van der Waals surface area (Å²) >= 11 is 0. The standard InChI is InChI=1S/C14H23NO/c1-4-9-15-14(11(2)3)10-12-5-7-13(16)8-6-12/h5-8,11,14-16H,4,9-10H2,1-3H3. The quantitative estimate of drug-likeness (QED) is 0.774. The van der Waals surface area contributed by atoms with Crippen LogP contribution in [0, 0.1) is 5.92 Å². The van der Waals surface area contributed by atoms with Crippen molar-refractivity contribution in [2.75, 3.05) is 6.54 Å². The average Bonchev–Trinajstić information content (AvgIpc) is 2.26. The van der Waals surface area contributed by atoms with Crippen LogP contribution in [0.1, 0.15) is 32.8 Å². The summed E-state index contributed by atoms with van der Waals surface area (Å²) in [6.45, 7) is 7.74. The fourth-order valence-corrected chi connectivity index (χ4v) is 1.76. The summed E-state index contributed by atoms with van der Waals surface area (Å²) < 4.78 is 0. The maximum atomic E-state index is 9.23. The van der Waals surface area contributed by atoms with Gasteiger partial charge in [0.05, 0.1) is 0 Å². The molecule has 90 valence electrons. The van der Waals surface area contributed by atoms with Gasteiger partial charge < -0.3 is 10.4 Å². The predicted molar refractivity (Wildman–Crippen MR) is 68.7 cm³/mol. The van der Waals surface area contributed by atoms with E-state index in [1.807, 2.05) is 12.1 Å². The van der Waals surface area contributed by atoms with Crippen molar-refractivity contribution in [2.24, 2.45) is 5.92 Å². The third-order valence-electron chi connectivity index (χ3n) is 2.85. The lowest BCUT2D eigenvalue weighted by atomic mass is 9.96. The van der Waals surface area contributed by atoms with Crippen LogP contribution < -0.4 is 5.32 Å². The Bertz CT molecular complexity index is 292. The Labute approximate surface area is 98.7 Å². The highest BCUT2D eigenvalue weighted by Gasteiger charge is 2.12. The molecule has 0 aromatic heterocycles. The number of hydrogen-bond donors (Lipinski definition) is 2. The monoisotopic (exact) mass is 221 g/mol. The van der Waals surface area contributed by atoms with E-state index in [9.17, 15) is 5.11 Å². The van der Waals surface area contributed by atoms with E-state index < -0.39 is 0 Å². The maximum absolute atomic E-state index is 9.23. The highest BCUT2D eigenvalue weighted by Crippen LogP contribution is 2.14. The third-order valence-corrected chi connectivity index (χ3v) is 2.85. The van der Waals surface area contributed by atoms with Crippen molar-refractivity contribution in [3.63, 3.8) is 0 Å². The zero-order chi connectivity index (χ0) is 12.0. The first-order valence-corrected chi connectivity index (χ1v) is 6.14. The number of aromatic hydroxyl groups is 1. The summed E-state index contributed by atoms with van der Waals surface area (Å²) in [4.78, 5) is 0. The molecule has 0 spiro atoms. The lowest BCUT2D eigenvalue weighted by Crippen LogP contribution is -2.36. The lowest BCUT2D eigenvalue weighted by molar-refractivity contribution is 0.397. The first-order chi connectivity index (χ1) is 7.63. The minimum atomic E-state index is 0.339. The fraction of sp³-hybridized carbons (Fsp3) is 0.571. The van der Waals surface area contributed by atoms with Crippen LogP contribution in [0.3, 0.4) is 0 Å². The molecule has 1 aromatic rings. The normalized spacial score (nSPS) is 13.0. The summed E-state index contributed by atoms with van der Waals surface area (Å²) in [6, 6.07) is 8.03. The predicted octanol–water partition coefficient (Wildman–Crippen LogP) is 2.96. The molecule has 1 rings (SSSR count). The molecule has 0 amide bonds. The van der Waals surface area contributed by atoms with Gasteiger partial charge in [-0.25, -0.2) is 0 Å². The molecule has 1 atom stereocenters. The van der Waals surface area contributed by atoms with Gasteiger partial charge in [-0.1, -0.05) is 32.9 Å². The van der Waals surface area contributed by atoms with E-state index in [1.54, 1.807) is 12.1 Å². The molecule has 0 fully saturated rings. The molecule has 0 saturated carbocycles. The van der Waals surface area contributed by atoms with Crippen LogP contribution in [0.25, 0.3) is 0 Å². The maximum Gasteiger partial charge on any atom is 0.115 e. The molecular formula is C14H23NO. The molecule has 2 heteroatoms. The highest BCUT2D eigenvalue weighted by atomic mass is 16.3. The van der Waals surface area contributed by atoms with Crippen LogP contribution >= 0.6 is 0 Å². The van der Waals surface area contributed by atoms with E-state index >= 15 is 0 Å². The van der Waals surface area contributed by atoms with E-state index in [4.69, 9.17) is 0 Å². The Morgan fingerprint density at radius 1 is 1.19 bits per heavy atom. The molecule has 0 aliphatic rings. The van der Waals surface area contributed by atoms with Crippen molar-refractivity contribution in [1.29, 1.82) is 0 Å². The van der Waals surface area contributed by atoms with Gasteiger partial charge in [0.1, 0.15) is 5.75 Å². The van der Waals surface area contributed by atoms with Gasteiger partial charge in [0.25, 0.3) is 0 Å². The van der Waals surface area contributed by atoms with Gasteiger partial charge in [-0.3, -0.25) is 0 Å². The largest absolute Gasteiger partial charge is 0.508 e. The van der Waals surface area contributed by atoms with Gasteiger partial charge in [0.15, 0.2) is 0 Å². The van der Waals surface area contributed by atoms with E-state index in [-0.39, 0.29) is 0 Å². The minimum absolute atomic E-state index is 0.339. The van der Waals surface area contributed by atoms with E-state index in [1.165, 1.54) is 12.0 Å². The average molecular weight is 221 g/mol. The van der Waals surface area contributed by atoms with Gasteiger partial charge in [-0.2, -0.15) is 0 Å². The van der Waals surface area contributed by atoms with Gasteiger partial charge in [0.2, 0.25) is 0 Å². The summed E-state index contributed by atoms with van der Waals surface area (Å²) in [5, 5.41) is 12.8. The summed E-state index contributed by atoms with van der Waals surface area (Å²) in [6.07, 6.45) is 2.19. The van der Waals surface area contributed by atoms with Crippen molar-refractivity contribution < 1.29 is 5.11 Å². The van der Waals surface area contributed by atoms with Crippen LogP contribution in [0.15, 0.2) is 24.3 Å². The Hall–Kier alpha value is -1.02. The van der Waals surface area contributed by atoms with Crippen molar-refractivity contribution in [2.45, 2.75) is 39.7 Å². The van der Waals surface area contributed by atoms with E-state index in [2.05, 4.69) is 26.1 Å². The summed E-state index contributed by atoms with van der Waals surface area (Å²) in [7, 11) is 0. The van der Waals surface area contributed by atoms with Gasteiger partial charge >= 0.3 is 0 Å². The fourth-order valence-electron chi connectivity index (χ4n) is 1.76. The number of phenols is 1. The van der Waals surface area contributed by atoms with Crippen LogP contribution in [-0.2, 0) is 6.42 Å². The summed E-state index contributed by atoms with van der Waals surface area (Å²) in [5.74, 6) is 0.965. The van der Waals surface area contributed by atoms with E-state index in [0.717, 1.165) is 13.0 Å². The molecule has 0 heterocycles. The second-order valence-electron chi connectivity index (χ2n) is 4.68. The van der Waals surface area contributed by atoms with Crippen molar-refractivity contribution >= 4 is 0 Å². The van der Waals surface area contributed by atoms with Gasteiger partial charge in [0, 0.05) is 6.04 Å². The Balaban J connectivity index is 2.57. The van der Waals surface area contributed by atoms with Crippen LogP contribution in [-0.4, -0.2) is 17.7 Å². The van der Waals surface area contributed by atoms with Gasteiger partial charge in [-0.05, 0) is 43.0 Å². The molecule has 1 aromatic carbocycles. The molecule has 0 aliphatic carbocycles. The van der Waals surface area contributed by atoms with Crippen LogP contribution in [0.5, 0.6) is 5.75 Å². The van der Waals surface area contributed by atoms with Crippen LogP contribution in [0.2, 0.25) is 0 Å². The lowest BCUT2D eigenvalue weighted by Gasteiger charge is -2.22. The zero-order valence-electron chi connectivity index (χ0n) is 10.5.